The van der Waals surface area contributed by atoms with Gasteiger partial charge in [-0.25, -0.2) is 4.18 Å². The Balaban J connectivity index is -0.000000550. The maximum Gasteiger partial charge on any atom is 0.397 e. The largest absolute Gasteiger partial charge is 0.397 e. The van der Waals surface area contributed by atoms with Gasteiger partial charge in [-0.15, -0.1) is 0 Å². The smallest absolute Gasteiger partial charge is 0.344 e. The van der Waals surface area contributed by atoms with Crippen molar-refractivity contribution in [2.75, 3.05) is 12.4 Å². The van der Waals surface area contributed by atoms with Gasteiger partial charge in [-0.3, -0.25) is 9.11 Å². The summed E-state index contributed by atoms with van der Waals surface area (Å²) in [7, 11) is -7.97. The second-order valence-electron chi connectivity index (χ2n) is 8.90. The summed E-state index contributed by atoms with van der Waals surface area (Å²) in [5, 5.41) is 0. The molecule has 0 rings (SSSR count). The molecule has 8 nitrogen and oxygen atoms in total. The minimum Gasteiger partial charge on any atom is -0.344 e. The van der Waals surface area contributed by atoms with Crippen LogP contribution in [-0.4, -0.2) is 38.3 Å². The van der Waals surface area contributed by atoms with Crippen molar-refractivity contribution in [2.24, 2.45) is 0 Å². The summed E-state index contributed by atoms with van der Waals surface area (Å²) in [6.45, 7) is 4.53. The van der Waals surface area contributed by atoms with Crippen LogP contribution >= 0.6 is 0 Å². The van der Waals surface area contributed by atoms with Gasteiger partial charge in [-0.1, -0.05) is 129 Å². The molecule has 0 fully saturated rings. The maximum atomic E-state index is 10.4. The molecule has 0 aliphatic rings. The van der Waals surface area contributed by atoms with Crippen LogP contribution in [0.5, 0.6) is 0 Å². The van der Waals surface area contributed by atoms with E-state index in [4.69, 9.17) is 9.11 Å². The van der Waals surface area contributed by atoms with E-state index in [1.54, 1.807) is 0 Å². The summed E-state index contributed by atoms with van der Waals surface area (Å²) in [4.78, 5) is 0. The lowest BCUT2D eigenvalue weighted by molar-refractivity contribution is 0.261. The molecule has 0 aliphatic heterocycles. The fraction of sp³-hybridized carbons (Fsp3) is 1.00. The van der Waals surface area contributed by atoms with E-state index in [1.165, 1.54) is 89.9 Å². The molecule has 0 heterocycles. The molecule has 0 atom stereocenters. The van der Waals surface area contributed by atoms with Gasteiger partial charge in [0.05, 0.1) is 12.4 Å². The molecule has 0 aliphatic carbocycles. The SMILES string of the molecule is CCCCCCCCCCCCOS(=O)(=O)O.CCCCCCCCCCCCS(=O)(=O)O.N. The van der Waals surface area contributed by atoms with Gasteiger partial charge in [-0.2, -0.15) is 16.8 Å². The average molecular weight is 534 g/mol. The van der Waals surface area contributed by atoms with E-state index in [-0.39, 0.29) is 18.5 Å². The van der Waals surface area contributed by atoms with Crippen molar-refractivity contribution < 1.29 is 30.1 Å². The summed E-state index contributed by atoms with van der Waals surface area (Å²) in [5.41, 5.74) is 0. The molecule has 0 aromatic heterocycles. The van der Waals surface area contributed by atoms with E-state index in [1.807, 2.05) is 0 Å². The van der Waals surface area contributed by atoms with Gasteiger partial charge in [-0.05, 0) is 12.8 Å². The molecule has 0 spiro atoms. The van der Waals surface area contributed by atoms with Gasteiger partial charge in [0.2, 0.25) is 0 Å². The zero-order valence-electron chi connectivity index (χ0n) is 22.0. The first-order valence-corrected chi connectivity index (χ1v) is 16.2. The third kappa shape index (κ3) is 41.9. The Labute approximate surface area is 211 Å². The van der Waals surface area contributed by atoms with Crippen LogP contribution in [0, 0.1) is 0 Å². The Bertz CT molecular complexity index is 596. The molecule has 0 aromatic rings. The number of rotatable bonds is 23. The van der Waals surface area contributed by atoms with Gasteiger partial charge in [0.15, 0.2) is 0 Å². The molecule has 5 N–H and O–H groups in total. The molecule has 0 amide bonds. The van der Waals surface area contributed by atoms with Crippen LogP contribution in [0.1, 0.15) is 142 Å². The van der Waals surface area contributed by atoms with E-state index in [0.29, 0.717) is 12.8 Å². The number of unbranched alkanes of at least 4 members (excludes halogenated alkanes) is 18. The van der Waals surface area contributed by atoms with Crippen molar-refractivity contribution in [3.05, 3.63) is 0 Å². The van der Waals surface area contributed by atoms with Crippen LogP contribution in [-0.2, 0) is 24.7 Å². The molecular weight excluding hydrogens is 478 g/mol. The van der Waals surface area contributed by atoms with E-state index in [0.717, 1.165) is 25.7 Å². The second kappa shape index (κ2) is 27.3. The minimum absolute atomic E-state index is 0. The molecule has 0 radical (unpaired) electrons. The summed E-state index contributed by atoms with van der Waals surface area (Å²) in [6, 6.07) is 0. The standard InChI is InChI=1S/C12H26O4S.C12H26O3S.H3N/c1-2-3-4-5-6-7-8-9-10-11-12-16-17(13,14)15;1-2-3-4-5-6-7-8-9-10-11-12-16(13,14)15;/h2-12H2,1H3,(H,13,14,15);2-12H2,1H3,(H,13,14,15);1H3. The van der Waals surface area contributed by atoms with Crippen LogP contribution in [0.3, 0.4) is 0 Å². The third-order valence-electron chi connectivity index (χ3n) is 5.49. The second-order valence-corrected chi connectivity index (χ2v) is 11.6. The van der Waals surface area contributed by atoms with Gasteiger partial charge in [0.1, 0.15) is 0 Å². The summed E-state index contributed by atoms with van der Waals surface area (Å²) >= 11 is 0. The van der Waals surface area contributed by atoms with Gasteiger partial charge in [0, 0.05) is 0 Å². The van der Waals surface area contributed by atoms with Crippen molar-refractivity contribution in [3.63, 3.8) is 0 Å². The highest BCUT2D eigenvalue weighted by molar-refractivity contribution is 7.85. The number of hydrogen-bond donors (Lipinski definition) is 3. The number of hydrogen-bond acceptors (Lipinski definition) is 6. The summed E-state index contributed by atoms with van der Waals surface area (Å²) < 4.78 is 62.3. The lowest BCUT2D eigenvalue weighted by Gasteiger charge is -2.02. The molecule has 210 valence electrons. The monoisotopic (exact) mass is 533 g/mol. The Morgan fingerprint density at radius 3 is 1.09 bits per heavy atom. The first-order chi connectivity index (χ1) is 15.6. The lowest BCUT2D eigenvalue weighted by Crippen LogP contribution is -2.04. The highest BCUT2D eigenvalue weighted by Crippen LogP contribution is 2.11. The minimum atomic E-state index is -4.23. The average Bonchev–Trinajstić information content (AvgIpc) is 2.72. The van der Waals surface area contributed by atoms with Crippen LogP contribution in [0.15, 0.2) is 0 Å². The molecule has 0 saturated heterocycles. The predicted molar refractivity (Wildman–Crippen MR) is 143 cm³/mol. The highest BCUT2D eigenvalue weighted by Gasteiger charge is 2.03. The molecule has 0 bridgehead atoms. The van der Waals surface area contributed by atoms with Crippen molar-refractivity contribution in [1.29, 1.82) is 0 Å². The molecule has 10 heteroatoms. The van der Waals surface area contributed by atoms with Gasteiger partial charge >= 0.3 is 10.4 Å². The van der Waals surface area contributed by atoms with Crippen LogP contribution in [0.25, 0.3) is 0 Å². The first-order valence-electron chi connectivity index (χ1n) is 13.2. The zero-order chi connectivity index (χ0) is 25.3. The normalized spacial score (nSPS) is 11.5. The fourth-order valence-corrected chi connectivity index (χ4v) is 4.42. The van der Waals surface area contributed by atoms with Crippen molar-refractivity contribution >= 4 is 20.5 Å². The van der Waals surface area contributed by atoms with E-state index in [9.17, 15) is 16.8 Å². The van der Waals surface area contributed by atoms with Gasteiger partial charge < -0.3 is 6.15 Å². The Morgan fingerprint density at radius 2 is 0.794 bits per heavy atom. The van der Waals surface area contributed by atoms with E-state index < -0.39 is 20.5 Å². The Kier molecular flexibility index (Phi) is 30.8. The maximum absolute atomic E-state index is 10.4. The summed E-state index contributed by atoms with van der Waals surface area (Å²) in [5.74, 6) is -0.0799. The quantitative estimate of drug-likeness (QED) is 0.0892. The van der Waals surface area contributed by atoms with Crippen LogP contribution in [0.4, 0.5) is 0 Å². The van der Waals surface area contributed by atoms with Crippen LogP contribution in [0.2, 0.25) is 0 Å². The fourth-order valence-electron chi connectivity index (χ4n) is 3.53. The molecule has 0 aromatic carbocycles. The first kappa shape index (κ1) is 38.3. The highest BCUT2D eigenvalue weighted by atomic mass is 32.3. The summed E-state index contributed by atoms with van der Waals surface area (Å²) in [6.07, 6.45) is 23.5. The zero-order valence-corrected chi connectivity index (χ0v) is 23.6. The molecule has 0 unspecified atom stereocenters. The van der Waals surface area contributed by atoms with E-state index >= 15 is 0 Å². The molecular formula is C24H55NO7S2. The van der Waals surface area contributed by atoms with Crippen molar-refractivity contribution in [1.82, 2.24) is 6.15 Å². The molecule has 0 saturated carbocycles. The van der Waals surface area contributed by atoms with Crippen molar-refractivity contribution in [3.8, 4) is 0 Å². The lowest BCUT2D eigenvalue weighted by atomic mass is 10.1. The van der Waals surface area contributed by atoms with E-state index in [2.05, 4.69) is 18.0 Å². The topological polar surface area (TPSA) is 153 Å². The Hall–Kier alpha value is -0.260. The van der Waals surface area contributed by atoms with Crippen LogP contribution < -0.4 is 6.15 Å². The third-order valence-corrected chi connectivity index (χ3v) is 6.76. The van der Waals surface area contributed by atoms with Crippen molar-refractivity contribution in [2.45, 2.75) is 142 Å². The Morgan fingerprint density at radius 1 is 0.500 bits per heavy atom. The molecule has 34 heavy (non-hydrogen) atoms. The predicted octanol–water partition coefficient (Wildman–Crippen LogP) is 7.68. The van der Waals surface area contributed by atoms with Gasteiger partial charge in [0.25, 0.3) is 10.1 Å².